The van der Waals surface area contributed by atoms with Gasteiger partial charge in [0.2, 0.25) is 0 Å². The summed E-state index contributed by atoms with van der Waals surface area (Å²) in [6, 6.07) is 5.43. The number of halogens is 1. The van der Waals surface area contributed by atoms with Gasteiger partial charge in [0.1, 0.15) is 5.54 Å². The second kappa shape index (κ2) is 5.54. The molecule has 1 heterocycles. The summed E-state index contributed by atoms with van der Waals surface area (Å²) in [5.74, 6) is -0.144. The van der Waals surface area contributed by atoms with E-state index >= 15 is 0 Å². The number of thioether (sulfide) groups is 1. The zero-order valence-corrected chi connectivity index (χ0v) is 12.8. The number of rotatable bonds is 3. The Labute approximate surface area is 124 Å². The van der Waals surface area contributed by atoms with Crippen LogP contribution in [-0.2, 0) is 4.79 Å². The van der Waals surface area contributed by atoms with Crippen molar-refractivity contribution in [2.45, 2.75) is 18.9 Å². The lowest BCUT2D eigenvalue weighted by Gasteiger charge is -2.24. The van der Waals surface area contributed by atoms with E-state index < -0.39 is 11.5 Å². The summed E-state index contributed by atoms with van der Waals surface area (Å²) in [6.07, 6.45) is 0.460. The summed E-state index contributed by atoms with van der Waals surface area (Å²) in [5.41, 5.74) is 0.293. The number of amides is 1. The fourth-order valence-corrected chi connectivity index (χ4v) is 3.74. The third-order valence-electron chi connectivity index (χ3n) is 3.15. The summed E-state index contributed by atoms with van der Waals surface area (Å²) >= 11 is 4.87. The maximum Gasteiger partial charge on any atom is 0.330 e. The Morgan fingerprint density at radius 3 is 2.79 bits per heavy atom. The van der Waals surface area contributed by atoms with Crippen LogP contribution in [0.25, 0.3) is 0 Å². The number of aliphatic carboxylic acids is 1. The number of carbonyl (C=O) groups is 2. The second-order valence-corrected chi connectivity index (χ2v) is 6.59. The molecule has 4 nitrogen and oxygen atoms in total. The number of hydrogen-bond acceptors (Lipinski definition) is 3. The third-order valence-corrected chi connectivity index (χ3v) is 5.03. The molecular formula is C13H14BrNO3S. The lowest BCUT2D eigenvalue weighted by molar-refractivity contribution is -0.143. The minimum absolute atomic E-state index is 0.347. The van der Waals surface area contributed by atoms with E-state index in [1.54, 1.807) is 23.9 Å². The van der Waals surface area contributed by atoms with E-state index in [0.717, 1.165) is 11.3 Å². The Morgan fingerprint density at radius 1 is 1.47 bits per heavy atom. The first-order chi connectivity index (χ1) is 8.94. The van der Waals surface area contributed by atoms with Gasteiger partial charge < -0.3 is 10.4 Å². The molecule has 2 rings (SSSR count). The molecule has 6 heteroatoms. The van der Waals surface area contributed by atoms with Crippen molar-refractivity contribution in [3.05, 3.63) is 33.8 Å². The zero-order chi connectivity index (χ0) is 14.0. The topological polar surface area (TPSA) is 66.4 Å². The van der Waals surface area contributed by atoms with Gasteiger partial charge in [-0.25, -0.2) is 4.79 Å². The molecule has 2 N–H and O–H groups in total. The summed E-state index contributed by atoms with van der Waals surface area (Å²) in [4.78, 5) is 23.7. The number of carboxylic acids is 1. The average molecular weight is 344 g/mol. The predicted octanol–water partition coefficient (Wildman–Crippen LogP) is 2.45. The van der Waals surface area contributed by atoms with E-state index in [-0.39, 0.29) is 5.91 Å². The monoisotopic (exact) mass is 343 g/mol. The van der Waals surface area contributed by atoms with Gasteiger partial charge in [0.25, 0.3) is 5.91 Å². The zero-order valence-electron chi connectivity index (χ0n) is 10.4. The Bertz CT molecular complexity index is 527. The highest BCUT2D eigenvalue weighted by molar-refractivity contribution is 9.10. The number of carbonyl (C=O) groups excluding carboxylic acids is 1. The molecule has 1 atom stereocenters. The second-order valence-electron chi connectivity index (χ2n) is 4.63. The van der Waals surface area contributed by atoms with Crippen LogP contribution in [-0.4, -0.2) is 34.0 Å². The number of aryl methyl sites for hydroxylation is 1. The first-order valence-electron chi connectivity index (χ1n) is 5.84. The maximum absolute atomic E-state index is 12.3. The summed E-state index contributed by atoms with van der Waals surface area (Å²) in [7, 11) is 0. The molecule has 1 saturated heterocycles. The highest BCUT2D eigenvalue weighted by atomic mass is 79.9. The standard InChI is InChI=1S/C13H14BrNO3S/c1-8-2-3-10(14)9(6-8)11(16)15-13(12(17)18)4-5-19-7-13/h2-3,6H,4-5,7H2,1H3,(H,15,16)(H,17,18). The van der Waals surface area contributed by atoms with E-state index in [0.29, 0.717) is 22.2 Å². The fourth-order valence-electron chi connectivity index (χ4n) is 1.98. The highest BCUT2D eigenvalue weighted by Gasteiger charge is 2.43. The Morgan fingerprint density at radius 2 is 2.21 bits per heavy atom. The fraction of sp³-hybridized carbons (Fsp3) is 0.385. The number of nitrogens with one attached hydrogen (secondary N) is 1. The lowest BCUT2D eigenvalue weighted by Crippen LogP contribution is -2.54. The van der Waals surface area contributed by atoms with E-state index in [1.807, 2.05) is 13.0 Å². The molecule has 1 aliphatic heterocycles. The molecular weight excluding hydrogens is 330 g/mol. The van der Waals surface area contributed by atoms with E-state index in [4.69, 9.17) is 0 Å². The third kappa shape index (κ3) is 2.95. The van der Waals surface area contributed by atoms with Crippen LogP contribution in [0.4, 0.5) is 0 Å². The van der Waals surface area contributed by atoms with Crippen LogP contribution < -0.4 is 5.32 Å². The number of benzene rings is 1. The molecule has 1 aromatic carbocycles. The predicted molar refractivity (Wildman–Crippen MR) is 78.7 cm³/mol. The van der Waals surface area contributed by atoms with Gasteiger partial charge in [0.15, 0.2) is 0 Å². The SMILES string of the molecule is Cc1ccc(Br)c(C(=O)NC2(C(=O)O)CCSC2)c1. The van der Waals surface area contributed by atoms with Gasteiger partial charge in [0.05, 0.1) is 5.56 Å². The lowest BCUT2D eigenvalue weighted by atomic mass is 9.98. The molecule has 1 unspecified atom stereocenters. The Kier molecular flexibility index (Phi) is 4.20. The molecule has 0 aliphatic carbocycles. The van der Waals surface area contributed by atoms with Crippen molar-refractivity contribution in [2.24, 2.45) is 0 Å². The summed E-state index contributed by atoms with van der Waals surface area (Å²) in [5, 5.41) is 12.0. The molecule has 0 saturated carbocycles. The number of hydrogen-bond donors (Lipinski definition) is 2. The van der Waals surface area contributed by atoms with Gasteiger partial charge in [-0.15, -0.1) is 0 Å². The minimum Gasteiger partial charge on any atom is -0.479 e. The molecule has 1 aliphatic rings. The molecule has 0 bridgehead atoms. The van der Waals surface area contributed by atoms with Crippen molar-refractivity contribution in [3.63, 3.8) is 0 Å². The van der Waals surface area contributed by atoms with Crippen molar-refractivity contribution in [1.82, 2.24) is 5.32 Å². The molecule has 0 spiro atoms. The average Bonchev–Trinajstić information content (AvgIpc) is 2.82. The van der Waals surface area contributed by atoms with Crippen LogP contribution in [0.3, 0.4) is 0 Å². The van der Waals surface area contributed by atoms with Crippen molar-refractivity contribution < 1.29 is 14.7 Å². The van der Waals surface area contributed by atoms with Crippen molar-refractivity contribution in [2.75, 3.05) is 11.5 Å². The smallest absolute Gasteiger partial charge is 0.330 e. The normalized spacial score (nSPS) is 22.2. The molecule has 1 fully saturated rings. The molecule has 19 heavy (non-hydrogen) atoms. The van der Waals surface area contributed by atoms with Gasteiger partial charge >= 0.3 is 5.97 Å². The van der Waals surface area contributed by atoms with Gasteiger partial charge in [-0.1, -0.05) is 11.6 Å². The van der Waals surface area contributed by atoms with Gasteiger partial charge in [-0.3, -0.25) is 4.79 Å². The van der Waals surface area contributed by atoms with Crippen LogP contribution in [0.2, 0.25) is 0 Å². The van der Waals surface area contributed by atoms with Crippen molar-refractivity contribution in [3.8, 4) is 0 Å². The van der Waals surface area contributed by atoms with Gasteiger partial charge in [0, 0.05) is 10.2 Å². The van der Waals surface area contributed by atoms with Crippen LogP contribution in [0, 0.1) is 6.92 Å². The van der Waals surface area contributed by atoms with Crippen LogP contribution in [0.15, 0.2) is 22.7 Å². The molecule has 0 radical (unpaired) electrons. The van der Waals surface area contributed by atoms with Crippen molar-refractivity contribution >= 4 is 39.6 Å². The first kappa shape index (κ1) is 14.4. The largest absolute Gasteiger partial charge is 0.479 e. The quantitative estimate of drug-likeness (QED) is 0.884. The summed E-state index contributed by atoms with van der Waals surface area (Å²) in [6.45, 7) is 1.89. The molecule has 1 aromatic rings. The maximum atomic E-state index is 12.3. The van der Waals surface area contributed by atoms with E-state index in [1.165, 1.54) is 0 Å². The van der Waals surface area contributed by atoms with Crippen LogP contribution in [0.1, 0.15) is 22.3 Å². The van der Waals surface area contributed by atoms with E-state index in [9.17, 15) is 14.7 Å². The Hall–Kier alpha value is -1.01. The van der Waals surface area contributed by atoms with Gasteiger partial charge in [-0.05, 0) is 47.2 Å². The molecule has 102 valence electrons. The van der Waals surface area contributed by atoms with E-state index in [2.05, 4.69) is 21.2 Å². The summed E-state index contributed by atoms with van der Waals surface area (Å²) < 4.78 is 0.668. The van der Waals surface area contributed by atoms with Crippen LogP contribution in [0.5, 0.6) is 0 Å². The van der Waals surface area contributed by atoms with Crippen LogP contribution >= 0.6 is 27.7 Å². The Balaban J connectivity index is 2.25. The highest BCUT2D eigenvalue weighted by Crippen LogP contribution is 2.29. The minimum atomic E-state index is -1.13. The molecule has 1 amide bonds. The van der Waals surface area contributed by atoms with Crippen molar-refractivity contribution in [1.29, 1.82) is 0 Å². The number of carboxylic acid groups (broad SMARTS) is 1. The molecule has 0 aromatic heterocycles. The van der Waals surface area contributed by atoms with Gasteiger partial charge in [-0.2, -0.15) is 11.8 Å². The first-order valence-corrected chi connectivity index (χ1v) is 7.79.